The Balaban J connectivity index is 1.38. The lowest BCUT2D eigenvalue weighted by molar-refractivity contribution is 0.00701. The highest BCUT2D eigenvalue weighted by molar-refractivity contribution is 5.80. The SMILES string of the molecule is CN=C(NCCc1ccc(-n2cccn2)cc1)NC1CN(C(=O)OC(C)(C)C)C1. The van der Waals surface area contributed by atoms with Crippen LogP contribution in [0.15, 0.2) is 47.7 Å². The van der Waals surface area contributed by atoms with Crippen molar-refractivity contribution < 1.29 is 9.53 Å². The van der Waals surface area contributed by atoms with Crippen LogP contribution in [0.5, 0.6) is 0 Å². The van der Waals surface area contributed by atoms with Gasteiger partial charge in [0.15, 0.2) is 5.96 Å². The van der Waals surface area contributed by atoms with E-state index < -0.39 is 5.60 Å². The van der Waals surface area contributed by atoms with Crippen LogP contribution in [0, 0.1) is 0 Å². The van der Waals surface area contributed by atoms with Crippen molar-refractivity contribution in [1.82, 2.24) is 25.3 Å². The van der Waals surface area contributed by atoms with Gasteiger partial charge in [-0.2, -0.15) is 5.10 Å². The summed E-state index contributed by atoms with van der Waals surface area (Å²) in [6.07, 6.45) is 4.31. The molecule has 0 radical (unpaired) electrons. The van der Waals surface area contributed by atoms with Crippen molar-refractivity contribution in [2.45, 2.75) is 38.8 Å². The summed E-state index contributed by atoms with van der Waals surface area (Å²) in [5.74, 6) is 0.743. The zero-order chi connectivity index (χ0) is 20.9. The number of rotatable bonds is 5. The Morgan fingerprint density at radius 2 is 2.00 bits per heavy atom. The molecular weight excluding hydrogens is 368 g/mol. The molecule has 0 unspecified atom stereocenters. The zero-order valence-corrected chi connectivity index (χ0v) is 17.6. The van der Waals surface area contributed by atoms with E-state index in [0.29, 0.717) is 13.1 Å². The number of hydrogen-bond acceptors (Lipinski definition) is 4. The van der Waals surface area contributed by atoms with Gasteiger partial charge in [0.1, 0.15) is 5.60 Å². The predicted molar refractivity (Wildman–Crippen MR) is 113 cm³/mol. The standard InChI is InChI=1S/C21H30N6O2/c1-21(2,3)29-20(28)26-14-17(15-26)25-19(22-4)23-12-10-16-6-8-18(9-7-16)27-13-5-11-24-27/h5-9,11,13,17H,10,12,14-15H2,1-4H3,(H2,22,23,25). The number of hydrogen-bond donors (Lipinski definition) is 2. The van der Waals surface area contributed by atoms with Crippen LogP contribution >= 0.6 is 0 Å². The molecule has 2 N–H and O–H groups in total. The van der Waals surface area contributed by atoms with Gasteiger partial charge in [0, 0.05) is 39.1 Å². The summed E-state index contributed by atoms with van der Waals surface area (Å²) in [5.41, 5.74) is 1.82. The van der Waals surface area contributed by atoms with E-state index in [1.165, 1.54) is 5.56 Å². The molecule has 0 atom stereocenters. The first-order valence-electron chi connectivity index (χ1n) is 9.88. The van der Waals surface area contributed by atoms with Gasteiger partial charge in [-0.25, -0.2) is 9.48 Å². The highest BCUT2D eigenvalue weighted by atomic mass is 16.6. The molecule has 1 aliphatic rings. The largest absolute Gasteiger partial charge is 0.444 e. The lowest BCUT2D eigenvalue weighted by atomic mass is 10.1. The Hall–Kier alpha value is -3.03. The maximum absolute atomic E-state index is 12.0. The van der Waals surface area contributed by atoms with Gasteiger partial charge < -0.3 is 20.3 Å². The van der Waals surface area contributed by atoms with Gasteiger partial charge in [-0.1, -0.05) is 12.1 Å². The molecule has 1 aromatic carbocycles. The lowest BCUT2D eigenvalue weighted by Crippen LogP contribution is -2.63. The predicted octanol–water partition coefficient (Wildman–Crippen LogP) is 2.20. The summed E-state index contributed by atoms with van der Waals surface area (Å²) >= 11 is 0. The van der Waals surface area contributed by atoms with Gasteiger partial charge in [-0.15, -0.1) is 0 Å². The molecule has 156 valence electrons. The fourth-order valence-electron chi connectivity index (χ4n) is 3.00. The van der Waals surface area contributed by atoms with Crippen LogP contribution in [-0.4, -0.2) is 65.1 Å². The van der Waals surface area contributed by atoms with E-state index in [0.717, 1.165) is 24.6 Å². The fraction of sp³-hybridized carbons (Fsp3) is 0.476. The van der Waals surface area contributed by atoms with Crippen LogP contribution in [0.4, 0.5) is 4.79 Å². The first kappa shape index (κ1) is 20.7. The lowest BCUT2D eigenvalue weighted by Gasteiger charge is -2.40. The number of amides is 1. The van der Waals surface area contributed by atoms with E-state index in [1.807, 2.05) is 37.7 Å². The second-order valence-corrected chi connectivity index (χ2v) is 8.09. The monoisotopic (exact) mass is 398 g/mol. The van der Waals surface area contributed by atoms with Crippen LogP contribution < -0.4 is 10.6 Å². The van der Waals surface area contributed by atoms with E-state index >= 15 is 0 Å². The molecule has 2 aromatic rings. The number of aromatic nitrogens is 2. The molecule has 0 aliphatic carbocycles. The zero-order valence-electron chi connectivity index (χ0n) is 17.6. The van der Waals surface area contributed by atoms with E-state index in [4.69, 9.17) is 4.74 Å². The second kappa shape index (κ2) is 8.98. The van der Waals surface area contributed by atoms with E-state index in [9.17, 15) is 4.79 Å². The van der Waals surface area contributed by atoms with Crippen molar-refractivity contribution in [2.75, 3.05) is 26.7 Å². The van der Waals surface area contributed by atoms with Gasteiger partial charge in [-0.05, 0) is 51.0 Å². The van der Waals surface area contributed by atoms with Crippen molar-refractivity contribution in [3.8, 4) is 5.69 Å². The third-order valence-corrected chi connectivity index (χ3v) is 4.51. The van der Waals surface area contributed by atoms with Crippen molar-refractivity contribution >= 4 is 12.1 Å². The van der Waals surface area contributed by atoms with Gasteiger partial charge >= 0.3 is 6.09 Å². The summed E-state index contributed by atoms with van der Waals surface area (Å²) in [4.78, 5) is 18.0. The maximum Gasteiger partial charge on any atom is 0.410 e. The minimum atomic E-state index is -0.468. The number of carbonyl (C=O) groups excluding carboxylic acids is 1. The second-order valence-electron chi connectivity index (χ2n) is 8.09. The van der Waals surface area contributed by atoms with E-state index in [-0.39, 0.29) is 12.1 Å². The number of likely N-dealkylation sites (tertiary alicyclic amines) is 1. The van der Waals surface area contributed by atoms with Crippen molar-refractivity contribution in [3.63, 3.8) is 0 Å². The number of aliphatic imine (C=N–C) groups is 1. The molecule has 0 bridgehead atoms. The molecular formula is C21H30N6O2. The molecule has 3 rings (SSSR count). The highest BCUT2D eigenvalue weighted by Gasteiger charge is 2.34. The third kappa shape index (κ3) is 5.97. The van der Waals surface area contributed by atoms with Crippen LogP contribution in [0.25, 0.3) is 5.69 Å². The minimum Gasteiger partial charge on any atom is -0.444 e. The molecule has 1 aliphatic heterocycles. The van der Waals surface area contributed by atoms with Gasteiger partial charge in [0.25, 0.3) is 0 Å². The van der Waals surface area contributed by atoms with Crippen LogP contribution in [0.3, 0.4) is 0 Å². The quantitative estimate of drug-likeness (QED) is 0.596. The Bertz CT molecular complexity index is 818. The summed E-state index contributed by atoms with van der Waals surface area (Å²) in [6.45, 7) is 7.61. The maximum atomic E-state index is 12.0. The van der Waals surface area contributed by atoms with E-state index in [2.05, 4.69) is 45.0 Å². The average Bonchev–Trinajstić information content (AvgIpc) is 3.16. The fourth-order valence-corrected chi connectivity index (χ4v) is 3.00. The highest BCUT2D eigenvalue weighted by Crippen LogP contribution is 2.15. The first-order valence-corrected chi connectivity index (χ1v) is 9.88. The van der Waals surface area contributed by atoms with Crippen molar-refractivity contribution in [1.29, 1.82) is 0 Å². The Morgan fingerprint density at radius 3 is 2.59 bits per heavy atom. The summed E-state index contributed by atoms with van der Waals surface area (Å²) in [6, 6.07) is 10.4. The number of benzene rings is 1. The Kier molecular flexibility index (Phi) is 6.41. The van der Waals surface area contributed by atoms with Crippen LogP contribution in [-0.2, 0) is 11.2 Å². The number of nitrogens with zero attached hydrogens (tertiary/aromatic N) is 4. The number of nitrogens with one attached hydrogen (secondary N) is 2. The molecule has 8 heteroatoms. The molecule has 1 aromatic heterocycles. The molecule has 1 amide bonds. The number of ether oxygens (including phenoxy) is 1. The molecule has 0 saturated carbocycles. The minimum absolute atomic E-state index is 0.182. The van der Waals surface area contributed by atoms with Crippen molar-refractivity contribution in [3.05, 3.63) is 48.3 Å². The molecule has 1 saturated heterocycles. The Labute approximate surface area is 171 Å². The summed E-state index contributed by atoms with van der Waals surface area (Å²) < 4.78 is 7.22. The van der Waals surface area contributed by atoms with Crippen LogP contribution in [0.1, 0.15) is 26.3 Å². The normalized spacial score (nSPS) is 15.0. The smallest absolute Gasteiger partial charge is 0.410 e. The first-order chi connectivity index (χ1) is 13.8. The van der Waals surface area contributed by atoms with Crippen LogP contribution in [0.2, 0.25) is 0 Å². The van der Waals surface area contributed by atoms with Gasteiger partial charge in [-0.3, -0.25) is 4.99 Å². The van der Waals surface area contributed by atoms with Crippen molar-refractivity contribution in [2.24, 2.45) is 4.99 Å². The topological polar surface area (TPSA) is 83.8 Å². The third-order valence-electron chi connectivity index (χ3n) is 4.51. The summed E-state index contributed by atoms with van der Waals surface area (Å²) in [5, 5.41) is 10.9. The van der Waals surface area contributed by atoms with E-state index in [1.54, 1.807) is 18.1 Å². The molecule has 1 fully saturated rings. The van der Waals surface area contributed by atoms with Gasteiger partial charge in [0.05, 0.1) is 11.7 Å². The molecule has 2 heterocycles. The molecule has 8 nitrogen and oxygen atoms in total. The average molecular weight is 399 g/mol. The number of guanidine groups is 1. The Morgan fingerprint density at radius 1 is 1.28 bits per heavy atom. The molecule has 29 heavy (non-hydrogen) atoms. The number of carbonyl (C=O) groups is 1. The van der Waals surface area contributed by atoms with Gasteiger partial charge in [0.2, 0.25) is 0 Å². The summed E-state index contributed by atoms with van der Waals surface area (Å²) in [7, 11) is 1.75. The molecule has 0 spiro atoms.